The molecule has 19 heavy (non-hydrogen) atoms. The molecule has 1 unspecified atom stereocenters. The summed E-state index contributed by atoms with van der Waals surface area (Å²) >= 11 is 0. The summed E-state index contributed by atoms with van der Waals surface area (Å²) in [6, 6.07) is 0.597. The van der Waals surface area contributed by atoms with Crippen LogP contribution in [0.5, 0.6) is 0 Å². The number of carbonyl (C=O) groups is 1. The Kier molecular flexibility index (Phi) is 3.46. The Hall–Kier alpha value is -0.770. The molecule has 4 bridgehead atoms. The second-order valence-corrected chi connectivity index (χ2v) is 7.12. The number of hydrogen-bond acceptors (Lipinski definition) is 2. The minimum absolute atomic E-state index is 0.0618. The molecular weight excluding hydrogens is 238 g/mol. The quantitative estimate of drug-likeness (QED) is 0.817. The van der Waals surface area contributed by atoms with Crippen LogP contribution in [0.3, 0.4) is 0 Å². The summed E-state index contributed by atoms with van der Waals surface area (Å²) in [5.41, 5.74) is 5.58. The van der Waals surface area contributed by atoms with Crippen LogP contribution < -0.4 is 11.1 Å². The summed E-state index contributed by atoms with van der Waals surface area (Å²) < 4.78 is 0. The SMILES string of the molecule is CC(CN)NC(=O)N(C)C1C2CC3CC(C2)CC1C3. The van der Waals surface area contributed by atoms with Crippen LogP contribution in [0.15, 0.2) is 0 Å². The van der Waals surface area contributed by atoms with Gasteiger partial charge in [0.25, 0.3) is 0 Å². The molecule has 0 saturated heterocycles. The molecule has 0 aromatic rings. The maximum Gasteiger partial charge on any atom is 0.317 e. The van der Waals surface area contributed by atoms with Gasteiger partial charge in [0.15, 0.2) is 0 Å². The lowest BCUT2D eigenvalue weighted by Gasteiger charge is -2.56. The number of nitrogens with two attached hydrogens (primary N) is 1. The van der Waals surface area contributed by atoms with Crippen LogP contribution >= 0.6 is 0 Å². The zero-order chi connectivity index (χ0) is 13.6. The highest BCUT2D eigenvalue weighted by Gasteiger charge is 2.50. The van der Waals surface area contributed by atoms with E-state index in [2.05, 4.69) is 5.32 Å². The molecular formula is C15H27N3O. The van der Waals surface area contributed by atoms with Gasteiger partial charge < -0.3 is 16.0 Å². The summed E-state index contributed by atoms with van der Waals surface area (Å²) in [4.78, 5) is 14.3. The van der Waals surface area contributed by atoms with Crippen molar-refractivity contribution in [3.05, 3.63) is 0 Å². The molecule has 0 aromatic heterocycles. The Morgan fingerprint density at radius 1 is 1.21 bits per heavy atom. The molecule has 0 radical (unpaired) electrons. The number of amides is 2. The van der Waals surface area contributed by atoms with Crippen molar-refractivity contribution in [2.45, 2.75) is 51.1 Å². The smallest absolute Gasteiger partial charge is 0.317 e. The molecule has 108 valence electrons. The first-order valence-electron chi connectivity index (χ1n) is 7.81. The molecule has 0 spiro atoms. The van der Waals surface area contributed by atoms with Crippen LogP contribution in [0.25, 0.3) is 0 Å². The molecule has 0 aliphatic heterocycles. The van der Waals surface area contributed by atoms with Crippen molar-refractivity contribution in [3.8, 4) is 0 Å². The Morgan fingerprint density at radius 2 is 1.74 bits per heavy atom. The normalized spacial score (nSPS) is 41.1. The predicted octanol–water partition coefficient (Wildman–Crippen LogP) is 1.80. The minimum Gasteiger partial charge on any atom is -0.334 e. The summed E-state index contributed by atoms with van der Waals surface area (Å²) in [7, 11) is 1.98. The second kappa shape index (κ2) is 4.97. The molecule has 4 nitrogen and oxygen atoms in total. The fourth-order valence-electron chi connectivity index (χ4n) is 5.04. The third-order valence-corrected chi connectivity index (χ3v) is 5.67. The molecule has 4 saturated carbocycles. The summed E-state index contributed by atoms with van der Waals surface area (Å²) in [6.45, 7) is 2.46. The molecule has 4 aliphatic rings. The maximum atomic E-state index is 12.3. The van der Waals surface area contributed by atoms with Crippen LogP contribution in [0, 0.1) is 23.7 Å². The molecule has 1 atom stereocenters. The average molecular weight is 265 g/mol. The van der Waals surface area contributed by atoms with E-state index in [1.54, 1.807) is 0 Å². The lowest BCUT2D eigenvalue weighted by atomic mass is 9.54. The van der Waals surface area contributed by atoms with Crippen LogP contribution in [-0.4, -0.2) is 36.6 Å². The standard InChI is InChI=1S/C15H27N3O/c1-9(8-16)17-15(19)18(2)14-12-4-10-3-11(6-12)7-13(14)5-10/h9-14H,3-8,16H2,1-2H3,(H,17,19). The number of nitrogens with one attached hydrogen (secondary N) is 1. The number of rotatable bonds is 3. The third-order valence-electron chi connectivity index (χ3n) is 5.67. The van der Waals surface area contributed by atoms with Gasteiger partial charge in [0.1, 0.15) is 0 Å². The first kappa shape index (κ1) is 13.2. The molecule has 0 heterocycles. The molecule has 4 aliphatic carbocycles. The Labute approximate surface area is 116 Å². The van der Waals surface area contributed by atoms with Gasteiger partial charge in [0.05, 0.1) is 0 Å². The monoisotopic (exact) mass is 265 g/mol. The third kappa shape index (κ3) is 2.35. The van der Waals surface area contributed by atoms with Gasteiger partial charge in [-0.3, -0.25) is 0 Å². The van der Waals surface area contributed by atoms with Crippen molar-refractivity contribution >= 4 is 6.03 Å². The minimum atomic E-state index is 0.0618. The Balaban J connectivity index is 1.66. The Bertz CT molecular complexity index is 329. The van der Waals surface area contributed by atoms with E-state index < -0.39 is 0 Å². The highest BCUT2D eigenvalue weighted by Crippen LogP contribution is 2.54. The van der Waals surface area contributed by atoms with Crippen molar-refractivity contribution in [2.24, 2.45) is 29.4 Å². The van der Waals surface area contributed by atoms with Crippen LogP contribution in [0.2, 0.25) is 0 Å². The lowest BCUT2D eigenvalue weighted by molar-refractivity contribution is -0.0450. The van der Waals surface area contributed by atoms with E-state index in [4.69, 9.17) is 5.73 Å². The predicted molar refractivity (Wildman–Crippen MR) is 75.6 cm³/mol. The summed E-state index contributed by atoms with van der Waals surface area (Å²) in [5.74, 6) is 3.41. The van der Waals surface area contributed by atoms with Gasteiger partial charge in [-0.2, -0.15) is 0 Å². The van der Waals surface area contributed by atoms with E-state index in [0.29, 0.717) is 12.6 Å². The highest BCUT2D eigenvalue weighted by atomic mass is 16.2. The zero-order valence-electron chi connectivity index (χ0n) is 12.1. The van der Waals surface area contributed by atoms with Gasteiger partial charge in [-0.25, -0.2) is 4.79 Å². The zero-order valence-corrected chi connectivity index (χ0v) is 12.1. The fraction of sp³-hybridized carbons (Fsp3) is 0.933. The number of carbonyl (C=O) groups excluding carboxylic acids is 1. The summed E-state index contributed by atoms with van der Waals surface area (Å²) in [6.07, 6.45) is 6.85. The van der Waals surface area contributed by atoms with Gasteiger partial charge >= 0.3 is 6.03 Å². The maximum absolute atomic E-state index is 12.3. The molecule has 4 heteroatoms. The van der Waals surface area contributed by atoms with Gasteiger partial charge in [-0.1, -0.05) is 0 Å². The van der Waals surface area contributed by atoms with Gasteiger partial charge in [0, 0.05) is 25.7 Å². The lowest BCUT2D eigenvalue weighted by Crippen LogP contribution is -2.58. The number of nitrogens with zero attached hydrogens (tertiary/aromatic N) is 1. The largest absolute Gasteiger partial charge is 0.334 e. The molecule has 4 rings (SSSR count). The number of urea groups is 1. The van der Waals surface area contributed by atoms with Crippen LogP contribution in [0.1, 0.15) is 39.0 Å². The molecule has 0 aromatic carbocycles. The van der Waals surface area contributed by atoms with E-state index in [1.165, 1.54) is 32.1 Å². The summed E-state index contributed by atoms with van der Waals surface area (Å²) in [5, 5.41) is 3.00. The van der Waals surface area contributed by atoms with E-state index in [9.17, 15) is 4.79 Å². The van der Waals surface area contributed by atoms with Crippen LogP contribution in [-0.2, 0) is 0 Å². The van der Waals surface area contributed by atoms with Gasteiger partial charge in [-0.05, 0) is 62.7 Å². The van der Waals surface area contributed by atoms with Gasteiger partial charge in [0.2, 0.25) is 0 Å². The van der Waals surface area contributed by atoms with E-state index in [0.717, 1.165) is 23.7 Å². The van der Waals surface area contributed by atoms with Crippen molar-refractivity contribution < 1.29 is 4.79 Å². The van der Waals surface area contributed by atoms with Crippen molar-refractivity contribution in [2.75, 3.05) is 13.6 Å². The number of hydrogen-bond donors (Lipinski definition) is 2. The van der Waals surface area contributed by atoms with E-state index in [-0.39, 0.29) is 12.1 Å². The molecule has 4 fully saturated rings. The van der Waals surface area contributed by atoms with Crippen molar-refractivity contribution in [1.82, 2.24) is 10.2 Å². The van der Waals surface area contributed by atoms with Crippen LogP contribution in [0.4, 0.5) is 4.79 Å². The topological polar surface area (TPSA) is 58.4 Å². The van der Waals surface area contributed by atoms with E-state index in [1.807, 2.05) is 18.9 Å². The first-order valence-corrected chi connectivity index (χ1v) is 7.81. The van der Waals surface area contributed by atoms with Crippen molar-refractivity contribution in [3.63, 3.8) is 0 Å². The fourth-order valence-corrected chi connectivity index (χ4v) is 5.04. The average Bonchev–Trinajstić information content (AvgIpc) is 2.36. The van der Waals surface area contributed by atoms with Crippen molar-refractivity contribution in [1.29, 1.82) is 0 Å². The Morgan fingerprint density at radius 3 is 2.21 bits per heavy atom. The van der Waals surface area contributed by atoms with Gasteiger partial charge in [-0.15, -0.1) is 0 Å². The second-order valence-electron chi connectivity index (χ2n) is 7.12. The van der Waals surface area contributed by atoms with E-state index >= 15 is 0 Å². The highest BCUT2D eigenvalue weighted by molar-refractivity contribution is 5.74. The molecule has 2 amide bonds. The first-order chi connectivity index (χ1) is 9.08. The molecule has 3 N–H and O–H groups in total.